The number of hydrogen-bond donors (Lipinski definition) is 0. The molecule has 0 fully saturated rings. The largest absolute Gasteiger partial charge is 0.0628 e. The second kappa shape index (κ2) is 7.04. The zero-order valence-corrected chi connectivity index (χ0v) is 14.0. The molecule has 0 saturated heterocycles. The number of benzene rings is 2. The van der Waals surface area contributed by atoms with Crippen LogP contribution in [0.4, 0.5) is 0 Å². The summed E-state index contributed by atoms with van der Waals surface area (Å²) in [5, 5.41) is 3.04. The molecule has 0 bridgehead atoms. The maximum atomic E-state index is 2.37. The first-order valence-corrected chi connectivity index (χ1v) is 9.00. The Kier molecular flexibility index (Phi) is 5.38. The second-order valence-electron chi connectivity index (χ2n) is 6.01. The highest BCUT2D eigenvalue weighted by Gasteiger charge is 2.14. The third-order valence-electron chi connectivity index (χ3n) is 3.56. The van der Waals surface area contributed by atoms with Crippen LogP contribution >= 0.6 is 7.92 Å². The van der Waals surface area contributed by atoms with E-state index in [1.165, 1.54) is 34.3 Å². The molecule has 1 heteroatoms. The molecule has 0 nitrogen and oxygen atoms in total. The molecule has 20 heavy (non-hydrogen) atoms. The molecular weight excluding hydrogens is 259 g/mol. The Labute approximate surface area is 125 Å². The Balaban J connectivity index is 2.34. The van der Waals surface area contributed by atoms with Crippen molar-refractivity contribution in [2.75, 3.05) is 6.16 Å². The van der Waals surface area contributed by atoms with Gasteiger partial charge in [-0.05, 0) is 50.9 Å². The number of rotatable bonds is 5. The maximum absolute atomic E-state index is 2.37. The van der Waals surface area contributed by atoms with E-state index in [0.717, 1.165) is 5.92 Å². The molecule has 0 heterocycles. The van der Waals surface area contributed by atoms with Gasteiger partial charge in [-0.1, -0.05) is 73.5 Å². The highest BCUT2D eigenvalue weighted by atomic mass is 31.1. The van der Waals surface area contributed by atoms with Crippen LogP contribution in [-0.2, 0) is 0 Å². The minimum absolute atomic E-state index is 0.216. The lowest BCUT2D eigenvalue weighted by atomic mass is 10.2. The Morgan fingerprint density at radius 2 is 1.35 bits per heavy atom. The summed E-state index contributed by atoms with van der Waals surface area (Å²) in [6, 6.07) is 18.1. The minimum Gasteiger partial charge on any atom is -0.0628 e. The zero-order chi connectivity index (χ0) is 14.5. The summed E-state index contributed by atoms with van der Waals surface area (Å²) < 4.78 is 0. The van der Waals surface area contributed by atoms with Crippen LogP contribution < -0.4 is 10.6 Å². The van der Waals surface area contributed by atoms with Crippen LogP contribution in [0.1, 0.15) is 31.4 Å². The summed E-state index contributed by atoms with van der Waals surface area (Å²) in [5.41, 5.74) is 2.74. The topological polar surface area (TPSA) is 0 Å². The van der Waals surface area contributed by atoms with Gasteiger partial charge >= 0.3 is 0 Å². The van der Waals surface area contributed by atoms with E-state index in [0.29, 0.717) is 0 Å². The minimum atomic E-state index is -0.216. The fraction of sp³-hybridized carbons (Fsp3) is 0.368. The van der Waals surface area contributed by atoms with Crippen LogP contribution in [-0.4, -0.2) is 6.16 Å². The summed E-state index contributed by atoms with van der Waals surface area (Å²) in [7, 11) is -0.216. The van der Waals surface area contributed by atoms with Crippen molar-refractivity contribution in [2.45, 2.75) is 34.1 Å². The monoisotopic (exact) mass is 284 g/mol. The van der Waals surface area contributed by atoms with Crippen molar-refractivity contribution in [3.63, 3.8) is 0 Å². The van der Waals surface area contributed by atoms with Crippen LogP contribution in [0, 0.1) is 19.8 Å². The normalized spacial score (nSPS) is 11.3. The van der Waals surface area contributed by atoms with Crippen molar-refractivity contribution in [2.24, 2.45) is 5.92 Å². The van der Waals surface area contributed by atoms with Gasteiger partial charge in [0.25, 0.3) is 0 Å². The van der Waals surface area contributed by atoms with Gasteiger partial charge in [0.2, 0.25) is 0 Å². The lowest BCUT2D eigenvalue weighted by molar-refractivity contribution is 0.631. The third-order valence-corrected chi connectivity index (χ3v) is 6.07. The molecule has 2 rings (SSSR count). The van der Waals surface area contributed by atoms with E-state index >= 15 is 0 Å². The molecule has 0 atom stereocenters. The molecule has 0 spiro atoms. The van der Waals surface area contributed by atoms with Crippen molar-refractivity contribution in [3.8, 4) is 0 Å². The Morgan fingerprint density at radius 1 is 0.850 bits per heavy atom. The molecule has 2 aromatic carbocycles. The number of hydrogen-bond acceptors (Lipinski definition) is 0. The highest BCUT2D eigenvalue weighted by Crippen LogP contribution is 2.35. The summed E-state index contributed by atoms with van der Waals surface area (Å²) in [4.78, 5) is 0. The molecule has 0 aromatic heterocycles. The van der Waals surface area contributed by atoms with Crippen LogP contribution in [0.3, 0.4) is 0 Å². The van der Waals surface area contributed by atoms with Gasteiger partial charge in [-0.15, -0.1) is 0 Å². The van der Waals surface area contributed by atoms with Crippen molar-refractivity contribution in [1.82, 2.24) is 0 Å². The Hall–Kier alpha value is -1.13. The second-order valence-corrected chi connectivity index (χ2v) is 8.35. The predicted octanol–water partition coefficient (Wildman–Crippen LogP) is 4.78. The first-order valence-electron chi connectivity index (χ1n) is 7.47. The molecule has 0 unspecified atom stereocenters. The smallest absolute Gasteiger partial charge is 0.0193 e. The van der Waals surface area contributed by atoms with Crippen LogP contribution in [0.2, 0.25) is 0 Å². The van der Waals surface area contributed by atoms with Crippen molar-refractivity contribution in [3.05, 3.63) is 59.7 Å². The molecule has 0 amide bonds. The van der Waals surface area contributed by atoms with E-state index in [9.17, 15) is 0 Å². The summed E-state index contributed by atoms with van der Waals surface area (Å²) in [5.74, 6) is 0.773. The van der Waals surface area contributed by atoms with Crippen molar-refractivity contribution >= 4 is 18.5 Å². The average molecular weight is 284 g/mol. The fourth-order valence-electron chi connectivity index (χ4n) is 2.39. The average Bonchev–Trinajstić information content (AvgIpc) is 2.39. The molecule has 0 aliphatic heterocycles. The van der Waals surface area contributed by atoms with E-state index in [-0.39, 0.29) is 7.92 Å². The van der Waals surface area contributed by atoms with Gasteiger partial charge in [0, 0.05) is 0 Å². The van der Waals surface area contributed by atoms with E-state index < -0.39 is 0 Å². The fourth-order valence-corrected chi connectivity index (χ4v) is 5.23. The third kappa shape index (κ3) is 4.18. The molecule has 0 radical (unpaired) electrons. The number of aryl methyl sites for hydroxylation is 2. The summed E-state index contributed by atoms with van der Waals surface area (Å²) >= 11 is 0. The lowest BCUT2D eigenvalue weighted by Crippen LogP contribution is -2.15. The molecule has 0 aliphatic carbocycles. The van der Waals surface area contributed by atoms with Gasteiger partial charge in [0.05, 0.1) is 0 Å². The van der Waals surface area contributed by atoms with E-state index in [4.69, 9.17) is 0 Å². The molecule has 106 valence electrons. The zero-order valence-electron chi connectivity index (χ0n) is 13.1. The van der Waals surface area contributed by atoms with E-state index in [1.54, 1.807) is 0 Å². The van der Waals surface area contributed by atoms with Gasteiger partial charge < -0.3 is 0 Å². The maximum Gasteiger partial charge on any atom is -0.0193 e. The molecule has 2 aromatic rings. The van der Waals surface area contributed by atoms with E-state index in [1.807, 2.05) is 0 Å². The summed E-state index contributed by atoms with van der Waals surface area (Å²) in [6.45, 7) is 9.02. The SMILES string of the molecule is Cc1cccc(P(CCC(C)C)c2cccc(C)c2)c1. The Morgan fingerprint density at radius 3 is 1.75 bits per heavy atom. The molecule has 0 N–H and O–H groups in total. The van der Waals surface area contributed by atoms with Gasteiger partial charge in [-0.2, -0.15) is 0 Å². The van der Waals surface area contributed by atoms with Crippen LogP contribution in [0.15, 0.2) is 48.5 Å². The molecule has 0 saturated carbocycles. The van der Waals surface area contributed by atoms with Gasteiger partial charge in [-0.25, -0.2) is 0 Å². The lowest BCUT2D eigenvalue weighted by Gasteiger charge is -2.20. The standard InChI is InChI=1S/C19H25P/c1-15(2)11-12-20(18-9-5-7-16(3)13-18)19-10-6-8-17(4)14-19/h5-10,13-15H,11-12H2,1-4H3. The molecule has 0 aliphatic rings. The Bertz CT molecular complexity index is 512. The van der Waals surface area contributed by atoms with Gasteiger partial charge in [-0.3, -0.25) is 0 Å². The first kappa shape index (κ1) is 15.3. The van der Waals surface area contributed by atoms with Gasteiger partial charge in [0.15, 0.2) is 0 Å². The molecular formula is C19H25P. The summed E-state index contributed by atoms with van der Waals surface area (Å²) in [6.07, 6.45) is 2.59. The predicted molar refractivity (Wildman–Crippen MR) is 92.9 cm³/mol. The quantitative estimate of drug-likeness (QED) is 0.693. The highest BCUT2D eigenvalue weighted by molar-refractivity contribution is 7.73. The van der Waals surface area contributed by atoms with Crippen molar-refractivity contribution in [1.29, 1.82) is 0 Å². The van der Waals surface area contributed by atoms with Crippen LogP contribution in [0.5, 0.6) is 0 Å². The van der Waals surface area contributed by atoms with E-state index in [2.05, 4.69) is 76.2 Å². The van der Waals surface area contributed by atoms with Gasteiger partial charge in [0.1, 0.15) is 0 Å². The first-order chi connectivity index (χ1) is 9.56. The van der Waals surface area contributed by atoms with Crippen LogP contribution in [0.25, 0.3) is 0 Å². The van der Waals surface area contributed by atoms with Crippen molar-refractivity contribution < 1.29 is 0 Å².